The average molecular weight is 758 g/mol. The van der Waals surface area contributed by atoms with Gasteiger partial charge in [0.1, 0.15) is 17.8 Å². The van der Waals surface area contributed by atoms with Crippen LogP contribution in [0.5, 0.6) is 5.75 Å². The van der Waals surface area contributed by atoms with Gasteiger partial charge in [-0.3, -0.25) is 23.5 Å². The normalized spacial score (nSPS) is 13.0. The molecule has 3 N–H and O–H groups in total. The van der Waals surface area contributed by atoms with E-state index in [1.807, 2.05) is 108 Å². The second kappa shape index (κ2) is 19.5. The lowest BCUT2D eigenvalue weighted by Crippen LogP contribution is -2.47. The van der Waals surface area contributed by atoms with Gasteiger partial charge < -0.3 is 19.5 Å². The lowest BCUT2D eigenvalue weighted by atomic mass is 9.98. The molecule has 0 spiro atoms. The van der Waals surface area contributed by atoms with E-state index in [-0.39, 0.29) is 48.2 Å². The van der Waals surface area contributed by atoms with Gasteiger partial charge in [0.05, 0.1) is 18.8 Å². The van der Waals surface area contributed by atoms with Crippen molar-refractivity contribution in [2.24, 2.45) is 10.8 Å². The number of rotatable bonds is 18. The summed E-state index contributed by atoms with van der Waals surface area (Å²) in [5, 5.41) is 8.62. The fourth-order valence-corrected chi connectivity index (χ4v) is 6.66. The van der Waals surface area contributed by atoms with Gasteiger partial charge in [-0.05, 0) is 59.1 Å². The number of para-hydroxylation sites is 2. The summed E-state index contributed by atoms with van der Waals surface area (Å²) >= 11 is 0. The first-order valence-electron chi connectivity index (χ1n) is 17.9. The third kappa shape index (κ3) is 14.6. The van der Waals surface area contributed by atoms with Crippen molar-refractivity contribution < 1.29 is 37.7 Å². The predicted octanol–water partition coefficient (Wildman–Crippen LogP) is 7.98. The number of benzene rings is 4. The summed E-state index contributed by atoms with van der Waals surface area (Å²) in [6, 6.07) is 31.6. The highest BCUT2D eigenvalue weighted by atomic mass is 31.2. The van der Waals surface area contributed by atoms with Gasteiger partial charge in [-0.15, -0.1) is 0 Å². The van der Waals surface area contributed by atoms with Crippen molar-refractivity contribution in [1.82, 2.24) is 10.2 Å². The topological polar surface area (TPSA) is 141 Å². The monoisotopic (exact) mass is 757 g/mol. The predicted molar refractivity (Wildman–Crippen MR) is 210 cm³/mol. The number of carbonyl (C=O) groups is 3. The van der Waals surface area contributed by atoms with Gasteiger partial charge in [-0.2, -0.15) is 0 Å². The Morgan fingerprint density at radius 3 is 1.50 bits per heavy atom. The van der Waals surface area contributed by atoms with Crippen molar-refractivity contribution in [3.63, 3.8) is 0 Å². The Bertz CT molecular complexity index is 1760. The smallest absolute Gasteiger partial charge is 0.345 e. The maximum Gasteiger partial charge on any atom is 0.345 e. The van der Waals surface area contributed by atoms with E-state index >= 15 is 4.57 Å². The number of anilines is 1. The summed E-state index contributed by atoms with van der Waals surface area (Å²) in [7, 11) is -4.40. The van der Waals surface area contributed by atoms with Crippen LogP contribution in [0, 0.1) is 10.8 Å². The van der Waals surface area contributed by atoms with Crippen molar-refractivity contribution in [3.8, 4) is 5.75 Å². The quantitative estimate of drug-likeness (QED) is 0.0520. The molecule has 0 aliphatic carbocycles. The first kappa shape index (κ1) is 41.9. The number of esters is 2. The average Bonchev–Trinajstić information content (AvgIpc) is 3.13. The number of nitrogens with one attached hydrogen (secondary N) is 3. The summed E-state index contributed by atoms with van der Waals surface area (Å²) in [6.45, 7) is 11.2. The minimum absolute atomic E-state index is 0.0972. The second-order valence-corrected chi connectivity index (χ2v) is 17.2. The molecule has 4 aromatic rings. The first-order chi connectivity index (χ1) is 25.6. The molecule has 4 rings (SSSR count). The van der Waals surface area contributed by atoms with Crippen LogP contribution in [0.3, 0.4) is 0 Å². The molecule has 0 bridgehead atoms. The minimum Gasteiger partial charge on any atom is -0.466 e. The van der Waals surface area contributed by atoms with Crippen molar-refractivity contribution in [2.75, 3.05) is 25.3 Å². The van der Waals surface area contributed by atoms with Crippen LogP contribution in [0.2, 0.25) is 0 Å². The van der Waals surface area contributed by atoms with E-state index in [0.717, 1.165) is 11.1 Å². The van der Waals surface area contributed by atoms with Crippen LogP contribution >= 0.6 is 7.67 Å². The maximum absolute atomic E-state index is 15.1. The van der Waals surface area contributed by atoms with E-state index in [4.69, 9.17) is 18.7 Å². The molecular formula is C42H52N3O8P. The SMILES string of the molecule is CC(C)(C)COC(=O)[C@H](Cc1ccccc1)NP(=O)(N[C@@H](Cc1ccccc1)C(=O)OCC(C)(C)C)OCOc1ccccc1C(=O)Nc1ccccc1. The maximum atomic E-state index is 15.1. The highest BCUT2D eigenvalue weighted by Crippen LogP contribution is 2.40. The molecule has 0 saturated carbocycles. The van der Waals surface area contributed by atoms with Gasteiger partial charge in [-0.1, -0.05) is 133 Å². The van der Waals surface area contributed by atoms with E-state index in [9.17, 15) is 14.4 Å². The molecule has 54 heavy (non-hydrogen) atoms. The number of ether oxygens (including phenoxy) is 3. The molecular weight excluding hydrogens is 705 g/mol. The van der Waals surface area contributed by atoms with Crippen molar-refractivity contribution >= 4 is 31.2 Å². The van der Waals surface area contributed by atoms with Gasteiger partial charge in [0.2, 0.25) is 0 Å². The van der Waals surface area contributed by atoms with Gasteiger partial charge >= 0.3 is 19.6 Å². The number of amides is 1. The Labute approximate surface area is 318 Å². The van der Waals surface area contributed by atoms with Crippen LogP contribution in [0.1, 0.15) is 63.0 Å². The van der Waals surface area contributed by atoms with E-state index < -0.39 is 44.4 Å². The summed E-state index contributed by atoms with van der Waals surface area (Å²) < 4.78 is 38.4. The van der Waals surface area contributed by atoms with Crippen molar-refractivity contribution in [2.45, 2.75) is 66.5 Å². The number of carbonyl (C=O) groups excluding carboxylic acids is 3. The van der Waals surface area contributed by atoms with E-state index in [2.05, 4.69) is 15.5 Å². The van der Waals surface area contributed by atoms with Gasteiger partial charge in [0.25, 0.3) is 5.91 Å². The highest BCUT2D eigenvalue weighted by Gasteiger charge is 2.37. The lowest BCUT2D eigenvalue weighted by Gasteiger charge is -2.29. The standard InChI is InChI=1S/C42H52N3O8P/c1-41(2,3)28-50-39(47)35(26-31-18-10-7-11-19-31)44-54(49,45-36(27-32-20-12-8-13-21-32)40(48)51-29-42(4,5)6)53-30-52-37-25-17-16-24-34(37)38(46)43-33-22-14-9-15-23-33/h7-25,35-36H,26-30H2,1-6H3,(H,43,46)(H2,44,45,49)/t35-,36-/m0/s1. The molecule has 2 atom stereocenters. The Morgan fingerprint density at radius 2 is 1.04 bits per heavy atom. The van der Waals surface area contributed by atoms with Crippen LogP contribution in [0.25, 0.3) is 0 Å². The zero-order chi connectivity index (χ0) is 39.2. The summed E-state index contributed by atoms with van der Waals surface area (Å²) in [5.74, 6) is -1.57. The van der Waals surface area contributed by atoms with E-state index in [0.29, 0.717) is 5.69 Å². The molecule has 288 valence electrons. The largest absolute Gasteiger partial charge is 0.466 e. The first-order valence-corrected chi connectivity index (χ1v) is 19.5. The molecule has 0 aliphatic rings. The molecule has 0 radical (unpaired) electrons. The Hall–Kier alpha value is -4.80. The molecule has 0 fully saturated rings. The molecule has 12 heteroatoms. The third-order valence-electron chi connectivity index (χ3n) is 7.69. The molecule has 11 nitrogen and oxygen atoms in total. The second-order valence-electron chi connectivity index (χ2n) is 15.3. The number of hydrogen-bond acceptors (Lipinski definition) is 8. The van der Waals surface area contributed by atoms with Crippen LogP contribution < -0.4 is 20.2 Å². The van der Waals surface area contributed by atoms with Crippen LogP contribution in [-0.4, -0.2) is 49.9 Å². The summed E-state index contributed by atoms with van der Waals surface area (Å²) in [5.41, 5.74) is 1.68. The Morgan fingerprint density at radius 1 is 0.611 bits per heavy atom. The van der Waals surface area contributed by atoms with Crippen LogP contribution in [0.4, 0.5) is 5.69 Å². The van der Waals surface area contributed by atoms with Gasteiger partial charge in [0, 0.05) is 5.69 Å². The molecule has 0 aromatic heterocycles. The fourth-order valence-electron chi connectivity index (χ4n) is 5.03. The molecule has 4 aromatic carbocycles. The highest BCUT2D eigenvalue weighted by molar-refractivity contribution is 7.54. The van der Waals surface area contributed by atoms with Gasteiger partial charge in [0.15, 0.2) is 6.79 Å². The van der Waals surface area contributed by atoms with Crippen molar-refractivity contribution in [1.29, 1.82) is 0 Å². The molecule has 0 aliphatic heterocycles. The molecule has 0 unspecified atom stereocenters. The molecule has 1 amide bonds. The van der Waals surface area contributed by atoms with E-state index in [1.54, 1.807) is 48.5 Å². The fraction of sp³-hybridized carbons (Fsp3) is 0.357. The summed E-state index contributed by atoms with van der Waals surface area (Å²) in [4.78, 5) is 40.6. The third-order valence-corrected chi connectivity index (χ3v) is 9.47. The van der Waals surface area contributed by atoms with Crippen molar-refractivity contribution in [3.05, 3.63) is 132 Å². The van der Waals surface area contributed by atoms with Gasteiger partial charge in [-0.25, -0.2) is 10.2 Å². The lowest BCUT2D eigenvalue weighted by molar-refractivity contribution is -0.148. The summed E-state index contributed by atoms with van der Waals surface area (Å²) in [6.07, 6.45) is 0.194. The Kier molecular flexibility index (Phi) is 15.2. The number of hydrogen-bond donors (Lipinski definition) is 3. The molecule has 0 heterocycles. The zero-order valence-electron chi connectivity index (χ0n) is 31.9. The van der Waals surface area contributed by atoms with E-state index in [1.165, 1.54) is 0 Å². The molecule has 0 saturated heterocycles. The van der Waals surface area contributed by atoms with Crippen LogP contribution in [-0.2, 0) is 41.0 Å². The zero-order valence-corrected chi connectivity index (χ0v) is 32.8. The Balaban J connectivity index is 1.65. The van der Waals surface area contributed by atoms with Crippen LogP contribution in [0.15, 0.2) is 115 Å². The minimum atomic E-state index is -4.40.